The van der Waals surface area contributed by atoms with E-state index in [0.717, 1.165) is 22.7 Å². The van der Waals surface area contributed by atoms with Crippen molar-refractivity contribution in [2.24, 2.45) is 0 Å². The molecule has 1 aliphatic rings. The quantitative estimate of drug-likeness (QED) is 0.339. The van der Waals surface area contributed by atoms with Gasteiger partial charge in [0.25, 0.3) is 10.0 Å². The van der Waals surface area contributed by atoms with Crippen LogP contribution in [0.2, 0.25) is 5.02 Å². The SMILES string of the molecule is Cc1ccc(S(=O)(=O)N(CC(=O)NCCOc2ccc(S(=O)(=O)N3CCCC3)cc2)c2ccccc2Cl)cc1. The molecule has 0 aliphatic carbocycles. The molecule has 0 atom stereocenters. The lowest BCUT2D eigenvalue weighted by atomic mass is 10.2. The predicted octanol–water partition coefficient (Wildman–Crippen LogP) is 3.82. The Labute approximate surface area is 234 Å². The van der Waals surface area contributed by atoms with E-state index in [1.54, 1.807) is 42.5 Å². The third-order valence-electron chi connectivity index (χ3n) is 6.24. The van der Waals surface area contributed by atoms with Gasteiger partial charge in [0, 0.05) is 13.1 Å². The summed E-state index contributed by atoms with van der Waals surface area (Å²) in [6, 6.07) is 18.9. The highest BCUT2D eigenvalue weighted by atomic mass is 35.5. The second-order valence-corrected chi connectivity index (χ2v) is 13.3. The van der Waals surface area contributed by atoms with Crippen LogP contribution in [-0.4, -0.2) is 59.8 Å². The van der Waals surface area contributed by atoms with Crippen LogP contribution in [0.5, 0.6) is 5.75 Å². The van der Waals surface area contributed by atoms with Gasteiger partial charge < -0.3 is 10.1 Å². The number of amides is 1. The highest BCUT2D eigenvalue weighted by molar-refractivity contribution is 7.93. The fourth-order valence-corrected chi connectivity index (χ4v) is 7.37. The number of ether oxygens (including phenoxy) is 1. The third kappa shape index (κ3) is 6.91. The predicted molar refractivity (Wildman–Crippen MR) is 150 cm³/mol. The summed E-state index contributed by atoms with van der Waals surface area (Å²) in [5, 5.41) is 2.86. The van der Waals surface area contributed by atoms with Crippen LogP contribution in [0.3, 0.4) is 0 Å². The second kappa shape index (κ2) is 12.4. The monoisotopic (exact) mass is 591 g/mol. The number of nitrogens with one attached hydrogen (secondary N) is 1. The molecule has 39 heavy (non-hydrogen) atoms. The molecule has 0 aromatic heterocycles. The van der Waals surface area contributed by atoms with E-state index in [9.17, 15) is 21.6 Å². The molecule has 0 bridgehead atoms. The number of hydrogen-bond acceptors (Lipinski definition) is 6. The Morgan fingerprint density at radius 2 is 1.54 bits per heavy atom. The van der Waals surface area contributed by atoms with E-state index in [0.29, 0.717) is 18.8 Å². The molecule has 1 aliphatic heterocycles. The van der Waals surface area contributed by atoms with Crippen LogP contribution in [0.15, 0.2) is 82.6 Å². The van der Waals surface area contributed by atoms with Crippen LogP contribution in [-0.2, 0) is 24.8 Å². The Morgan fingerprint density at radius 1 is 0.923 bits per heavy atom. The number of carbonyl (C=O) groups is 1. The van der Waals surface area contributed by atoms with Gasteiger partial charge in [0.15, 0.2) is 0 Å². The van der Waals surface area contributed by atoms with E-state index in [1.165, 1.54) is 34.6 Å². The molecule has 208 valence electrons. The van der Waals surface area contributed by atoms with Gasteiger partial charge in [0.05, 0.1) is 27.0 Å². The fraction of sp³-hybridized carbons (Fsp3) is 0.296. The van der Waals surface area contributed by atoms with E-state index in [4.69, 9.17) is 16.3 Å². The number of aryl methyl sites for hydroxylation is 1. The van der Waals surface area contributed by atoms with E-state index in [-0.39, 0.29) is 33.7 Å². The number of carbonyl (C=O) groups excluding carboxylic acids is 1. The van der Waals surface area contributed by atoms with Crippen molar-refractivity contribution in [1.29, 1.82) is 0 Å². The maximum absolute atomic E-state index is 13.4. The number of benzene rings is 3. The molecule has 1 heterocycles. The Bertz CT molecular complexity index is 1510. The molecule has 4 rings (SSSR count). The first-order valence-corrected chi connectivity index (χ1v) is 15.7. The van der Waals surface area contributed by atoms with Crippen molar-refractivity contribution < 1.29 is 26.4 Å². The molecule has 0 saturated carbocycles. The summed E-state index contributed by atoms with van der Waals surface area (Å²) in [7, 11) is -7.59. The molecule has 3 aromatic rings. The number of halogens is 1. The molecule has 9 nitrogen and oxygen atoms in total. The van der Waals surface area contributed by atoms with Crippen LogP contribution < -0.4 is 14.4 Å². The van der Waals surface area contributed by atoms with E-state index in [2.05, 4.69) is 5.32 Å². The molecule has 3 aromatic carbocycles. The van der Waals surface area contributed by atoms with Crippen LogP contribution in [0, 0.1) is 6.92 Å². The molecule has 12 heteroatoms. The molecule has 1 saturated heterocycles. The standard InChI is InChI=1S/C27H30ClN3O6S2/c1-21-8-12-24(13-9-21)39(35,36)31(26-7-3-2-6-25(26)28)20-27(32)29-16-19-37-22-10-14-23(15-11-22)38(33,34)30-17-4-5-18-30/h2-3,6-15H,4-5,16-20H2,1H3,(H,29,32). The van der Waals surface area contributed by atoms with E-state index < -0.39 is 32.5 Å². The first-order chi connectivity index (χ1) is 18.6. The number of hydrogen-bond donors (Lipinski definition) is 1. The Balaban J connectivity index is 1.36. The number of nitrogens with zero attached hydrogens (tertiary/aromatic N) is 2. The zero-order chi connectivity index (χ0) is 28.0. The molecular formula is C27H30ClN3O6S2. The van der Waals surface area contributed by atoms with E-state index >= 15 is 0 Å². The summed E-state index contributed by atoms with van der Waals surface area (Å²) in [5.41, 5.74) is 1.09. The molecule has 1 N–H and O–H groups in total. The van der Waals surface area contributed by atoms with Gasteiger partial charge in [-0.15, -0.1) is 0 Å². The largest absolute Gasteiger partial charge is 0.492 e. The van der Waals surface area contributed by atoms with Crippen molar-refractivity contribution in [3.05, 3.63) is 83.4 Å². The van der Waals surface area contributed by atoms with Gasteiger partial charge in [0.2, 0.25) is 15.9 Å². The van der Waals surface area contributed by atoms with Crippen molar-refractivity contribution in [1.82, 2.24) is 9.62 Å². The summed E-state index contributed by atoms with van der Waals surface area (Å²) in [6.07, 6.45) is 1.72. The summed E-state index contributed by atoms with van der Waals surface area (Å²) >= 11 is 6.29. The number of anilines is 1. The fourth-order valence-electron chi connectivity index (χ4n) is 4.12. The molecular weight excluding hydrogens is 562 g/mol. The van der Waals surface area contributed by atoms with Crippen molar-refractivity contribution in [2.75, 3.05) is 37.1 Å². The topological polar surface area (TPSA) is 113 Å². The lowest BCUT2D eigenvalue weighted by molar-refractivity contribution is -0.119. The van der Waals surface area contributed by atoms with Gasteiger partial charge in [0.1, 0.15) is 18.9 Å². The second-order valence-electron chi connectivity index (χ2n) is 9.06. The summed E-state index contributed by atoms with van der Waals surface area (Å²) in [4.78, 5) is 13.0. The number of sulfonamides is 2. The minimum atomic E-state index is -4.08. The van der Waals surface area contributed by atoms with Gasteiger partial charge in [-0.25, -0.2) is 16.8 Å². The normalized spacial score (nSPS) is 14.2. The van der Waals surface area contributed by atoms with Crippen molar-refractivity contribution in [2.45, 2.75) is 29.6 Å². The molecule has 0 spiro atoms. The zero-order valence-corrected chi connectivity index (χ0v) is 23.8. The van der Waals surface area contributed by atoms with Gasteiger partial charge in [-0.2, -0.15) is 4.31 Å². The highest BCUT2D eigenvalue weighted by Crippen LogP contribution is 2.30. The van der Waals surface area contributed by atoms with Gasteiger partial charge in [-0.05, 0) is 68.3 Å². The maximum atomic E-state index is 13.4. The van der Waals surface area contributed by atoms with Crippen molar-refractivity contribution in [3.63, 3.8) is 0 Å². The molecule has 1 fully saturated rings. The Morgan fingerprint density at radius 3 is 2.18 bits per heavy atom. The maximum Gasteiger partial charge on any atom is 0.264 e. The van der Waals surface area contributed by atoms with Gasteiger partial charge in [-0.1, -0.05) is 41.4 Å². The lowest BCUT2D eigenvalue weighted by Gasteiger charge is -2.25. The van der Waals surface area contributed by atoms with Crippen LogP contribution in [0.1, 0.15) is 18.4 Å². The van der Waals surface area contributed by atoms with Crippen molar-refractivity contribution >= 4 is 43.2 Å². The van der Waals surface area contributed by atoms with E-state index in [1.807, 2.05) is 6.92 Å². The number of rotatable bonds is 11. The van der Waals surface area contributed by atoms with Gasteiger partial charge >= 0.3 is 0 Å². The Hall–Kier alpha value is -3.12. The van der Waals surface area contributed by atoms with Crippen molar-refractivity contribution in [3.8, 4) is 5.75 Å². The third-order valence-corrected chi connectivity index (χ3v) is 10.2. The lowest BCUT2D eigenvalue weighted by Crippen LogP contribution is -2.42. The summed E-state index contributed by atoms with van der Waals surface area (Å²) in [5.74, 6) is -0.0921. The molecule has 1 amide bonds. The van der Waals surface area contributed by atoms with Crippen LogP contribution in [0.4, 0.5) is 5.69 Å². The Kier molecular flexibility index (Phi) is 9.16. The smallest absolute Gasteiger partial charge is 0.264 e. The first-order valence-electron chi connectivity index (χ1n) is 12.4. The average molecular weight is 592 g/mol. The number of para-hydroxylation sites is 1. The average Bonchev–Trinajstić information content (AvgIpc) is 3.47. The first kappa shape index (κ1) is 28.9. The zero-order valence-electron chi connectivity index (χ0n) is 21.4. The highest BCUT2D eigenvalue weighted by Gasteiger charge is 2.29. The van der Waals surface area contributed by atoms with Crippen LogP contribution >= 0.6 is 11.6 Å². The minimum Gasteiger partial charge on any atom is -0.492 e. The summed E-state index contributed by atoms with van der Waals surface area (Å²) < 4.78 is 60.3. The summed E-state index contributed by atoms with van der Waals surface area (Å²) in [6.45, 7) is 2.63. The van der Waals surface area contributed by atoms with Gasteiger partial charge in [-0.3, -0.25) is 9.10 Å². The minimum absolute atomic E-state index is 0.0411. The van der Waals surface area contributed by atoms with Crippen LogP contribution in [0.25, 0.3) is 0 Å². The molecule has 0 unspecified atom stereocenters. The molecule has 0 radical (unpaired) electrons.